The second-order valence-electron chi connectivity index (χ2n) is 6.31. The highest BCUT2D eigenvalue weighted by Crippen LogP contribution is 2.46. The van der Waals surface area contributed by atoms with Gasteiger partial charge in [0.2, 0.25) is 0 Å². The number of aliphatic carboxylic acids is 1. The first-order valence-corrected chi connectivity index (χ1v) is 8.65. The van der Waals surface area contributed by atoms with E-state index < -0.39 is 22.7 Å². The van der Waals surface area contributed by atoms with E-state index in [0.717, 1.165) is 5.56 Å². The summed E-state index contributed by atoms with van der Waals surface area (Å²) in [6, 6.07) is 9.96. The molecule has 2 aromatic rings. The molecular weight excluding hydrogens is 342 g/mol. The lowest BCUT2D eigenvalue weighted by Crippen LogP contribution is -2.43. The lowest BCUT2D eigenvalue weighted by Gasteiger charge is -2.20. The normalized spacial score (nSPS) is 21.9. The number of esters is 1. The average molecular weight is 361 g/mol. The number of carbonyl (C=O) groups is 2. The lowest BCUT2D eigenvalue weighted by molar-refractivity contribution is -0.139. The number of carboxylic acid groups (broad SMARTS) is 1. The van der Waals surface area contributed by atoms with Gasteiger partial charge in [0.15, 0.2) is 0 Å². The first-order valence-electron chi connectivity index (χ1n) is 7.77. The zero-order valence-corrected chi connectivity index (χ0v) is 14.9. The fourth-order valence-electron chi connectivity index (χ4n) is 2.83. The minimum absolute atomic E-state index is 0.242. The molecular formula is C18H19NO5S. The zero-order chi connectivity index (χ0) is 18.2. The third-order valence-corrected chi connectivity index (χ3v) is 5.58. The molecule has 132 valence electrons. The molecule has 6 nitrogen and oxygen atoms in total. The molecule has 2 heterocycles. The van der Waals surface area contributed by atoms with Gasteiger partial charge < -0.3 is 14.3 Å². The van der Waals surface area contributed by atoms with Gasteiger partial charge in [-0.25, -0.2) is 4.79 Å². The summed E-state index contributed by atoms with van der Waals surface area (Å²) in [5.41, 5.74) is 1.20. The maximum atomic E-state index is 11.7. The Morgan fingerprint density at radius 3 is 2.68 bits per heavy atom. The molecule has 1 aliphatic heterocycles. The standard InChI is InChI=1S/C18H19NO5S/c1-18(2)14(16(20)21)19-15(25-18)13-8-7-12(24-13)10-5-4-6-11(9-10)17(22)23-3/h4-9,14-15,19H,1-3H3,(H,20,21). The van der Waals surface area contributed by atoms with Crippen LogP contribution in [-0.2, 0) is 9.53 Å². The molecule has 1 aliphatic rings. The average Bonchev–Trinajstić information content (AvgIpc) is 3.18. The predicted octanol–water partition coefficient (Wildman–Crippen LogP) is 3.30. The molecule has 3 rings (SSSR count). The smallest absolute Gasteiger partial charge is 0.337 e. The van der Waals surface area contributed by atoms with Crippen LogP contribution < -0.4 is 5.32 Å². The van der Waals surface area contributed by atoms with Gasteiger partial charge >= 0.3 is 11.9 Å². The molecule has 1 aromatic heterocycles. The number of ether oxygens (including phenoxy) is 1. The fraction of sp³-hybridized carbons (Fsp3) is 0.333. The molecule has 2 N–H and O–H groups in total. The van der Waals surface area contributed by atoms with Gasteiger partial charge in [-0.2, -0.15) is 0 Å². The Hall–Kier alpha value is -2.25. The van der Waals surface area contributed by atoms with Crippen molar-refractivity contribution in [2.45, 2.75) is 30.0 Å². The van der Waals surface area contributed by atoms with Crippen LogP contribution in [0.1, 0.15) is 35.3 Å². The van der Waals surface area contributed by atoms with Crippen molar-refractivity contribution in [3.63, 3.8) is 0 Å². The number of nitrogens with one attached hydrogen (secondary N) is 1. The van der Waals surface area contributed by atoms with Gasteiger partial charge in [0, 0.05) is 10.3 Å². The minimum Gasteiger partial charge on any atom is -0.480 e. The summed E-state index contributed by atoms with van der Waals surface area (Å²) in [7, 11) is 1.34. The van der Waals surface area contributed by atoms with E-state index >= 15 is 0 Å². The summed E-state index contributed by atoms with van der Waals surface area (Å²) in [6.45, 7) is 3.79. The Bertz CT molecular complexity index is 813. The van der Waals surface area contributed by atoms with Crippen molar-refractivity contribution in [2.24, 2.45) is 0 Å². The van der Waals surface area contributed by atoms with Crippen LogP contribution in [0.15, 0.2) is 40.8 Å². The summed E-state index contributed by atoms with van der Waals surface area (Å²) in [6.07, 6.45) is 0. The van der Waals surface area contributed by atoms with E-state index in [1.807, 2.05) is 32.0 Å². The van der Waals surface area contributed by atoms with Gasteiger partial charge in [-0.1, -0.05) is 12.1 Å². The van der Waals surface area contributed by atoms with E-state index in [9.17, 15) is 14.7 Å². The number of methoxy groups -OCH3 is 1. The number of furan rings is 1. The van der Waals surface area contributed by atoms with Crippen LogP contribution in [0.2, 0.25) is 0 Å². The lowest BCUT2D eigenvalue weighted by atomic mass is 10.0. The molecule has 1 fully saturated rings. The van der Waals surface area contributed by atoms with Crippen molar-refractivity contribution in [3.05, 3.63) is 47.7 Å². The van der Waals surface area contributed by atoms with Crippen LogP contribution in [0.5, 0.6) is 0 Å². The Morgan fingerprint density at radius 2 is 2.04 bits per heavy atom. The Morgan fingerprint density at radius 1 is 1.28 bits per heavy atom. The highest BCUT2D eigenvalue weighted by Gasteiger charge is 2.46. The third kappa shape index (κ3) is 3.43. The van der Waals surface area contributed by atoms with Gasteiger partial charge in [-0.15, -0.1) is 11.8 Å². The van der Waals surface area contributed by atoms with Gasteiger partial charge in [0.05, 0.1) is 12.7 Å². The number of hydrogen-bond donors (Lipinski definition) is 2. The molecule has 0 radical (unpaired) electrons. The molecule has 7 heteroatoms. The summed E-state index contributed by atoms with van der Waals surface area (Å²) in [5.74, 6) is -0.0229. The van der Waals surface area contributed by atoms with Crippen molar-refractivity contribution in [3.8, 4) is 11.3 Å². The van der Waals surface area contributed by atoms with E-state index in [0.29, 0.717) is 17.1 Å². The minimum atomic E-state index is -0.877. The highest BCUT2D eigenvalue weighted by molar-refractivity contribution is 8.01. The Kier molecular flexibility index (Phi) is 4.62. The zero-order valence-electron chi connectivity index (χ0n) is 14.1. The number of thioether (sulfide) groups is 1. The van der Waals surface area contributed by atoms with Gasteiger partial charge in [-0.05, 0) is 38.1 Å². The molecule has 0 spiro atoms. The summed E-state index contributed by atoms with van der Waals surface area (Å²) in [5, 5.41) is 12.2. The van der Waals surface area contributed by atoms with E-state index in [1.54, 1.807) is 18.2 Å². The number of hydrogen-bond acceptors (Lipinski definition) is 6. The van der Waals surface area contributed by atoms with Crippen molar-refractivity contribution in [1.29, 1.82) is 0 Å². The van der Waals surface area contributed by atoms with E-state index in [-0.39, 0.29) is 5.37 Å². The SMILES string of the molecule is COC(=O)c1cccc(-c2ccc(C3NC(C(=O)O)C(C)(C)S3)o2)c1. The van der Waals surface area contributed by atoms with Crippen LogP contribution >= 0.6 is 11.8 Å². The molecule has 1 saturated heterocycles. The van der Waals surface area contributed by atoms with Crippen molar-refractivity contribution >= 4 is 23.7 Å². The summed E-state index contributed by atoms with van der Waals surface area (Å²) >= 11 is 1.52. The monoisotopic (exact) mass is 361 g/mol. The van der Waals surface area contributed by atoms with Crippen LogP contribution in [0.4, 0.5) is 0 Å². The molecule has 1 aromatic carbocycles. The van der Waals surface area contributed by atoms with Gasteiger partial charge in [0.1, 0.15) is 22.9 Å². The maximum Gasteiger partial charge on any atom is 0.337 e. The molecule has 0 aliphatic carbocycles. The third-order valence-electron chi connectivity index (χ3n) is 4.14. The number of rotatable bonds is 4. The predicted molar refractivity (Wildman–Crippen MR) is 94.5 cm³/mol. The molecule has 0 saturated carbocycles. The molecule has 0 bridgehead atoms. The van der Waals surface area contributed by atoms with Crippen LogP contribution in [-0.4, -0.2) is 34.9 Å². The Balaban J connectivity index is 1.84. The van der Waals surface area contributed by atoms with Crippen molar-refractivity contribution in [2.75, 3.05) is 7.11 Å². The van der Waals surface area contributed by atoms with Crippen LogP contribution in [0.25, 0.3) is 11.3 Å². The van der Waals surface area contributed by atoms with Crippen LogP contribution in [0.3, 0.4) is 0 Å². The summed E-state index contributed by atoms with van der Waals surface area (Å²) in [4.78, 5) is 23.1. The van der Waals surface area contributed by atoms with Gasteiger partial charge in [0.25, 0.3) is 0 Å². The van der Waals surface area contributed by atoms with Crippen molar-refractivity contribution < 1.29 is 23.8 Å². The highest BCUT2D eigenvalue weighted by atomic mass is 32.2. The van der Waals surface area contributed by atoms with Gasteiger partial charge in [-0.3, -0.25) is 10.1 Å². The summed E-state index contributed by atoms with van der Waals surface area (Å²) < 4.78 is 10.2. The second-order valence-corrected chi connectivity index (χ2v) is 8.07. The molecule has 25 heavy (non-hydrogen) atoms. The molecule has 2 atom stereocenters. The van der Waals surface area contributed by atoms with Crippen molar-refractivity contribution in [1.82, 2.24) is 5.32 Å². The van der Waals surface area contributed by atoms with E-state index in [2.05, 4.69) is 5.32 Å². The van der Waals surface area contributed by atoms with E-state index in [1.165, 1.54) is 18.9 Å². The molecule has 2 unspecified atom stereocenters. The Labute approximate surface area is 149 Å². The van der Waals surface area contributed by atoms with E-state index in [4.69, 9.17) is 9.15 Å². The first kappa shape index (κ1) is 17.6. The number of carboxylic acids is 1. The second kappa shape index (κ2) is 6.57. The largest absolute Gasteiger partial charge is 0.480 e. The first-order chi connectivity index (χ1) is 11.8. The quantitative estimate of drug-likeness (QED) is 0.808. The number of carbonyl (C=O) groups excluding carboxylic acids is 1. The number of benzene rings is 1. The topological polar surface area (TPSA) is 88.8 Å². The van der Waals surface area contributed by atoms with Crippen LogP contribution in [0, 0.1) is 0 Å². The molecule has 0 amide bonds. The fourth-order valence-corrected chi connectivity index (χ4v) is 4.19. The maximum absolute atomic E-state index is 11.7.